The second-order valence-corrected chi connectivity index (χ2v) is 6.85. The van der Waals surface area contributed by atoms with E-state index in [0.717, 1.165) is 16.6 Å². The molecular formula is C16H12N2O2S. The molecule has 0 amide bonds. The quantitative estimate of drug-likeness (QED) is 0.730. The molecule has 21 heavy (non-hydrogen) atoms. The van der Waals surface area contributed by atoms with E-state index in [9.17, 15) is 8.42 Å². The monoisotopic (exact) mass is 296 g/mol. The first-order valence-electron chi connectivity index (χ1n) is 6.31. The lowest BCUT2D eigenvalue weighted by Crippen LogP contribution is -1.98. The normalized spacial score (nSPS) is 11.4. The Bertz CT molecular complexity index is 962. The lowest BCUT2D eigenvalue weighted by molar-refractivity contribution is 0.602. The van der Waals surface area contributed by atoms with E-state index in [-0.39, 0.29) is 0 Å². The smallest absolute Gasteiger partial charge is 0.175 e. The SMILES string of the molecule is CS(=O)(=O)c1ccc(-n2ccc3cc(C#N)ccc32)cc1. The average molecular weight is 296 g/mol. The van der Waals surface area contributed by atoms with E-state index in [0.29, 0.717) is 10.5 Å². The lowest BCUT2D eigenvalue weighted by Gasteiger charge is -2.06. The van der Waals surface area contributed by atoms with Crippen LogP contribution in [0.1, 0.15) is 5.56 Å². The van der Waals surface area contributed by atoms with Crippen LogP contribution in [0.3, 0.4) is 0 Å². The van der Waals surface area contributed by atoms with Gasteiger partial charge in [0, 0.05) is 23.5 Å². The summed E-state index contributed by atoms with van der Waals surface area (Å²) in [4.78, 5) is 0.300. The minimum absolute atomic E-state index is 0.300. The number of benzene rings is 2. The van der Waals surface area contributed by atoms with Gasteiger partial charge in [-0.1, -0.05) is 0 Å². The summed E-state index contributed by atoms with van der Waals surface area (Å²) in [6, 6.07) is 16.3. The van der Waals surface area contributed by atoms with Crippen molar-refractivity contribution in [2.75, 3.05) is 6.26 Å². The molecule has 104 valence electrons. The number of aromatic nitrogens is 1. The van der Waals surface area contributed by atoms with Crippen molar-refractivity contribution in [1.82, 2.24) is 4.57 Å². The largest absolute Gasteiger partial charge is 0.317 e. The van der Waals surface area contributed by atoms with E-state index in [4.69, 9.17) is 5.26 Å². The summed E-state index contributed by atoms with van der Waals surface area (Å²) in [5.74, 6) is 0. The van der Waals surface area contributed by atoms with Crippen molar-refractivity contribution in [3.05, 3.63) is 60.3 Å². The number of nitriles is 1. The molecule has 0 unspecified atom stereocenters. The standard InChI is InChI=1S/C16H12N2O2S/c1-21(19,20)15-5-3-14(4-6-15)18-9-8-13-10-12(11-17)2-7-16(13)18/h2-10H,1H3. The summed E-state index contributed by atoms with van der Waals surface area (Å²) >= 11 is 0. The van der Waals surface area contributed by atoms with Gasteiger partial charge in [0.05, 0.1) is 22.0 Å². The highest BCUT2D eigenvalue weighted by atomic mass is 32.2. The molecule has 4 nitrogen and oxygen atoms in total. The molecule has 3 aromatic rings. The summed E-state index contributed by atoms with van der Waals surface area (Å²) in [5.41, 5.74) is 2.47. The summed E-state index contributed by atoms with van der Waals surface area (Å²) in [6.45, 7) is 0. The zero-order chi connectivity index (χ0) is 15.0. The fraction of sp³-hybridized carbons (Fsp3) is 0.0625. The highest BCUT2D eigenvalue weighted by molar-refractivity contribution is 7.90. The molecule has 0 saturated carbocycles. The van der Waals surface area contributed by atoms with Crippen LogP contribution in [0.5, 0.6) is 0 Å². The molecule has 0 N–H and O–H groups in total. The zero-order valence-electron chi connectivity index (χ0n) is 11.3. The molecule has 0 spiro atoms. The second kappa shape index (κ2) is 4.76. The van der Waals surface area contributed by atoms with Gasteiger partial charge in [-0.15, -0.1) is 0 Å². The van der Waals surface area contributed by atoms with Crippen molar-refractivity contribution in [1.29, 1.82) is 5.26 Å². The van der Waals surface area contributed by atoms with E-state index in [2.05, 4.69) is 6.07 Å². The third-order valence-electron chi connectivity index (χ3n) is 3.36. The molecule has 1 heterocycles. The first-order valence-corrected chi connectivity index (χ1v) is 8.20. The number of rotatable bonds is 2. The van der Waals surface area contributed by atoms with Gasteiger partial charge in [0.15, 0.2) is 9.84 Å². The molecule has 0 bridgehead atoms. The fourth-order valence-corrected chi connectivity index (χ4v) is 2.92. The Morgan fingerprint density at radius 1 is 1.05 bits per heavy atom. The highest BCUT2D eigenvalue weighted by Crippen LogP contribution is 2.22. The predicted octanol–water partition coefficient (Wildman–Crippen LogP) is 2.91. The summed E-state index contributed by atoms with van der Waals surface area (Å²) < 4.78 is 24.9. The van der Waals surface area contributed by atoms with Gasteiger partial charge in [-0.05, 0) is 48.5 Å². The third-order valence-corrected chi connectivity index (χ3v) is 4.49. The van der Waals surface area contributed by atoms with Crippen LogP contribution < -0.4 is 0 Å². The molecule has 0 aliphatic rings. The van der Waals surface area contributed by atoms with E-state index < -0.39 is 9.84 Å². The van der Waals surface area contributed by atoms with Crippen molar-refractivity contribution in [3.63, 3.8) is 0 Å². The maximum Gasteiger partial charge on any atom is 0.175 e. The highest BCUT2D eigenvalue weighted by Gasteiger charge is 2.08. The first kappa shape index (κ1) is 13.4. The molecule has 0 aliphatic carbocycles. The summed E-state index contributed by atoms with van der Waals surface area (Å²) in [6.07, 6.45) is 3.09. The van der Waals surface area contributed by atoms with Gasteiger partial charge in [0.2, 0.25) is 0 Å². The van der Waals surface area contributed by atoms with E-state index in [1.54, 1.807) is 30.3 Å². The van der Waals surface area contributed by atoms with Crippen LogP contribution in [0.4, 0.5) is 0 Å². The summed E-state index contributed by atoms with van der Waals surface area (Å²) in [7, 11) is -3.19. The van der Waals surface area contributed by atoms with Gasteiger partial charge in [-0.25, -0.2) is 8.42 Å². The van der Waals surface area contributed by atoms with Crippen molar-refractivity contribution >= 4 is 20.7 Å². The molecule has 1 aromatic heterocycles. The predicted molar refractivity (Wildman–Crippen MR) is 81.1 cm³/mol. The zero-order valence-corrected chi connectivity index (χ0v) is 12.1. The number of sulfone groups is 1. The van der Waals surface area contributed by atoms with Crippen molar-refractivity contribution in [2.24, 2.45) is 0 Å². The van der Waals surface area contributed by atoms with Crippen LogP contribution in [0.2, 0.25) is 0 Å². The van der Waals surface area contributed by atoms with Gasteiger partial charge in [-0.2, -0.15) is 5.26 Å². The van der Waals surface area contributed by atoms with Gasteiger partial charge in [0.1, 0.15) is 0 Å². The van der Waals surface area contributed by atoms with Crippen LogP contribution in [0.25, 0.3) is 16.6 Å². The summed E-state index contributed by atoms with van der Waals surface area (Å²) in [5, 5.41) is 9.89. The Hall–Kier alpha value is -2.58. The maximum absolute atomic E-state index is 11.5. The molecule has 0 saturated heterocycles. The van der Waals surface area contributed by atoms with Crippen molar-refractivity contribution in [3.8, 4) is 11.8 Å². The van der Waals surface area contributed by atoms with Crippen molar-refractivity contribution < 1.29 is 8.42 Å². The number of hydrogen-bond acceptors (Lipinski definition) is 3. The minimum atomic E-state index is -3.19. The molecule has 3 rings (SSSR count). The Morgan fingerprint density at radius 2 is 1.76 bits per heavy atom. The van der Waals surface area contributed by atoms with Crippen LogP contribution in [0.15, 0.2) is 59.6 Å². The lowest BCUT2D eigenvalue weighted by atomic mass is 10.2. The third kappa shape index (κ3) is 2.41. The van der Waals surface area contributed by atoms with E-state index >= 15 is 0 Å². The topological polar surface area (TPSA) is 62.9 Å². The maximum atomic E-state index is 11.5. The fourth-order valence-electron chi connectivity index (χ4n) is 2.29. The van der Waals surface area contributed by atoms with E-state index in [1.165, 1.54) is 6.26 Å². The Balaban J connectivity index is 2.11. The Morgan fingerprint density at radius 3 is 2.38 bits per heavy atom. The first-order chi connectivity index (χ1) is 9.99. The van der Waals surface area contributed by atoms with Crippen LogP contribution >= 0.6 is 0 Å². The number of hydrogen-bond donors (Lipinski definition) is 0. The number of nitrogens with zero attached hydrogens (tertiary/aromatic N) is 2. The van der Waals surface area contributed by atoms with Crippen molar-refractivity contribution in [2.45, 2.75) is 4.90 Å². The molecule has 0 radical (unpaired) electrons. The van der Waals surface area contributed by atoms with Gasteiger partial charge in [-0.3, -0.25) is 0 Å². The van der Waals surface area contributed by atoms with Crippen LogP contribution in [-0.2, 0) is 9.84 Å². The van der Waals surface area contributed by atoms with Gasteiger partial charge >= 0.3 is 0 Å². The average Bonchev–Trinajstić information content (AvgIpc) is 2.89. The second-order valence-electron chi connectivity index (χ2n) is 4.84. The molecular weight excluding hydrogens is 284 g/mol. The van der Waals surface area contributed by atoms with Gasteiger partial charge in [0.25, 0.3) is 0 Å². The van der Waals surface area contributed by atoms with Crippen LogP contribution in [0, 0.1) is 11.3 Å². The molecule has 0 aliphatic heterocycles. The van der Waals surface area contributed by atoms with Crippen LogP contribution in [-0.4, -0.2) is 19.2 Å². The minimum Gasteiger partial charge on any atom is -0.317 e. The Kier molecular flexibility index (Phi) is 3.04. The number of fused-ring (bicyclic) bond motifs is 1. The molecule has 0 fully saturated rings. The molecule has 5 heteroatoms. The molecule has 2 aromatic carbocycles. The molecule has 0 atom stereocenters. The van der Waals surface area contributed by atoms with E-state index in [1.807, 2.05) is 29.0 Å². The van der Waals surface area contributed by atoms with Gasteiger partial charge < -0.3 is 4.57 Å². The Labute approximate surface area is 122 Å².